The van der Waals surface area contributed by atoms with Crippen molar-refractivity contribution in [2.45, 2.75) is 50.7 Å². The lowest BCUT2D eigenvalue weighted by Gasteiger charge is -2.44. The monoisotopic (exact) mass is 570 g/mol. The SMILES string of the molecule is CCOc1cc(C(=O)N2CCC3(CC2)CC(=O)c2cc(-c4cn[nH]c4)ccc2O3)cc2c1c(OC(=O)O)cn2C1CC1. The maximum Gasteiger partial charge on any atom is 0.511 e. The molecule has 1 spiro atoms. The van der Waals surface area contributed by atoms with Crippen LogP contribution in [0.5, 0.6) is 17.2 Å². The molecule has 3 aliphatic rings. The summed E-state index contributed by atoms with van der Waals surface area (Å²) in [6.45, 7) is 3.06. The Bertz CT molecular complexity index is 1710. The van der Waals surface area contributed by atoms with E-state index in [2.05, 4.69) is 10.2 Å². The van der Waals surface area contributed by atoms with Crippen molar-refractivity contribution in [3.63, 3.8) is 0 Å². The summed E-state index contributed by atoms with van der Waals surface area (Å²) >= 11 is 0. The fourth-order valence-electron chi connectivity index (χ4n) is 6.19. The minimum Gasteiger partial charge on any atom is -0.493 e. The van der Waals surface area contributed by atoms with Gasteiger partial charge in [-0.1, -0.05) is 6.07 Å². The fraction of sp³-hybridized carbons (Fsp3) is 0.355. The summed E-state index contributed by atoms with van der Waals surface area (Å²) in [5.74, 6) is 1.07. The first-order valence-electron chi connectivity index (χ1n) is 14.2. The number of aromatic amines is 1. The van der Waals surface area contributed by atoms with Crippen molar-refractivity contribution in [1.29, 1.82) is 0 Å². The number of likely N-dealkylation sites (tertiary alicyclic amines) is 1. The number of carbonyl (C=O) groups is 3. The van der Waals surface area contributed by atoms with Crippen LogP contribution in [0.2, 0.25) is 0 Å². The van der Waals surface area contributed by atoms with E-state index < -0.39 is 11.8 Å². The number of rotatable bonds is 6. The van der Waals surface area contributed by atoms with Crippen LogP contribution in [0.25, 0.3) is 22.0 Å². The van der Waals surface area contributed by atoms with E-state index in [0.717, 1.165) is 24.0 Å². The predicted molar refractivity (Wildman–Crippen MR) is 151 cm³/mol. The molecule has 4 heterocycles. The molecule has 2 N–H and O–H groups in total. The van der Waals surface area contributed by atoms with Gasteiger partial charge < -0.3 is 28.8 Å². The molecule has 2 aliphatic heterocycles. The third kappa shape index (κ3) is 4.54. The molecule has 0 bridgehead atoms. The van der Waals surface area contributed by atoms with Crippen LogP contribution in [-0.2, 0) is 0 Å². The van der Waals surface area contributed by atoms with Crippen LogP contribution in [0.15, 0.2) is 48.9 Å². The molecule has 2 fully saturated rings. The molecular formula is C31H30N4O7. The van der Waals surface area contributed by atoms with E-state index in [1.54, 1.807) is 35.6 Å². The van der Waals surface area contributed by atoms with E-state index >= 15 is 0 Å². The van der Waals surface area contributed by atoms with Crippen LogP contribution in [0.3, 0.4) is 0 Å². The number of fused-ring (bicyclic) bond motifs is 2. The number of ether oxygens (including phenoxy) is 3. The average Bonchev–Trinajstić information content (AvgIpc) is 3.54. The number of hydrogen-bond donors (Lipinski definition) is 2. The molecule has 1 saturated heterocycles. The predicted octanol–water partition coefficient (Wildman–Crippen LogP) is 5.46. The first-order chi connectivity index (χ1) is 20.3. The van der Waals surface area contributed by atoms with Gasteiger partial charge in [0.15, 0.2) is 11.5 Å². The number of carbonyl (C=O) groups excluding carboxylic acids is 2. The summed E-state index contributed by atoms with van der Waals surface area (Å²) in [5, 5.41) is 16.6. The lowest BCUT2D eigenvalue weighted by Crippen LogP contribution is -2.52. The van der Waals surface area contributed by atoms with Crippen molar-refractivity contribution in [1.82, 2.24) is 19.7 Å². The zero-order valence-corrected chi connectivity index (χ0v) is 23.1. The van der Waals surface area contributed by atoms with Crippen LogP contribution >= 0.6 is 0 Å². The molecule has 216 valence electrons. The number of piperidine rings is 1. The molecule has 2 aromatic heterocycles. The number of carboxylic acid groups (broad SMARTS) is 1. The van der Waals surface area contributed by atoms with E-state index in [9.17, 15) is 19.5 Å². The number of amides is 1. The molecule has 2 aromatic carbocycles. The second-order valence-electron chi connectivity index (χ2n) is 11.2. The summed E-state index contributed by atoms with van der Waals surface area (Å²) in [6, 6.07) is 9.31. The lowest BCUT2D eigenvalue weighted by atomic mass is 9.82. The number of aromatic nitrogens is 3. The van der Waals surface area contributed by atoms with Gasteiger partial charge in [-0.3, -0.25) is 14.7 Å². The zero-order chi connectivity index (χ0) is 29.0. The van der Waals surface area contributed by atoms with Gasteiger partial charge in [-0.2, -0.15) is 5.10 Å². The van der Waals surface area contributed by atoms with E-state index in [4.69, 9.17) is 14.2 Å². The number of ketones is 1. The zero-order valence-electron chi connectivity index (χ0n) is 23.1. The molecule has 0 unspecified atom stereocenters. The topological polar surface area (TPSA) is 136 Å². The number of Topliss-reactive ketones (excluding diaryl/α,β-unsaturated/α-hetero) is 1. The van der Waals surface area contributed by atoms with Crippen molar-refractivity contribution in [2.24, 2.45) is 0 Å². The normalized spacial score (nSPS) is 17.6. The first-order valence-corrected chi connectivity index (χ1v) is 14.2. The van der Waals surface area contributed by atoms with Gasteiger partial charge in [-0.05, 0) is 49.6 Å². The first kappa shape index (κ1) is 26.1. The molecule has 7 rings (SSSR count). The highest BCUT2D eigenvalue weighted by Gasteiger charge is 2.44. The minimum absolute atomic E-state index is 0.0356. The van der Waals surface area contributed by atoms with Gasteiger partial charge in [0.05, 0.1) is 35.7 Å². The van der Waals surface area contributed by atoms with Crippen molar-refractivity contribution in [3.8, 4) is 28.4 Å². The fourth-order valence-corrected chi connectivity index (χ4v) is 6.19. The van der Waals surface area contributed by atoms with Crippen LogP contribution < -0.4 is 14.2 Å². The number of nitrogens with one attached hydrogen (secondary N) is 1. The van der Waals surface area contributed by atoms with Crippen LogP contribution in [0.4, 0.5) is 4.79 Å². The van der Waals surface area contributed by atoms with Crippen LogP contribution in [0, 0.1) is 0 Å². The number of hydrogen-bond acceptors (Lipinski definition) is 7. The van der Waals surface area contributed by atoms with E-state index in [0.29, 0.717) is 66.1 Å². The summed E-state index contributed by atoms with van der Waals surface area (Å²) in [7, 11) is 0. The third-order valence-electron chi connectivity index (χ3n) is 8.43. The highest BCUT2D eigenvalue weighted by molar-refractivity contribution is 6.03. The summed E-state index contributed by atoms with van der Waals surface area (Å²) in [4.78, 5) is 40.2. The van der Waals surface area contributed by atoms with Crippen LogP contribution in [0.1, 0.15) is 65.8 Å². The van der Waals surface area contributed by atoms with Gasteiger partial charge in [0, 0.05) is 55.5 Å². The van der Waals surface area contributed by atoms with Crippen molar-refractivity contribution < 1.29 is 33.7 Å². The van der Waals surface area contributed by atoms with E-state index in [-0.39, 0.29) is 29.9 Å². The minimum atomic E-state index is -1.40. The van der Waals surface area contributed by atoms with Gasteiger partial charge in [0.1, 0.15) is 17.1 Å². The smallest absolute Gasteiger partial charge is 0.493 e. The van der Waals surface area contributed by atoms with Gasteiger partial charge in [-0.25, -0.2) is 4.79 Å². The lowest BCUT2D eigenvalue weighted by molar-refractivity contribution is -0.00571. The van der Waals surface area contributed by atoms with Crippen molar-refractivity contribution >= 4 is 28.7 Å². The molecule has 4 aromatic rings. The Morgan fingerprint density at radius 2 is 1.95 bits per heavy atom. The Balaban J connectivity index is 1.13. The highest BCUT2D eigenvalue weighted by Crippen LogP contribution is 2.45. The molecule has 42 heavy (non-hydrogen) atoms. The van der Waals surface area contributed by atoms with Gasteiger partial charge in [0.25, 0.3) is 5.91 Å². The second-order valence-corrected chi connectivity index (χ2v) is 11.2. The molecule has 0 radical (unpaired) electrons. The Labute approximate surface area is 241 Å². The van der Waals surface area contributed by atoms with Gasteiger partial charge in [-0.15, -0.1) is 0 Å². The second kappa shape index (κ2) is 9.93. The quantitative estimate of drug-likeness (QED) is 0.292. The van der Waals surface area contributed by atoms with E-state index in [1.165, 1.54) is 0 Å². The molecule has 1 aliphatic carbocycles. The third-order valence-corrected chi connectivity index (χ3v) is 8.43. The standard InChI is InChI=1S/C31H30N4O7/c1-2-40-26-13-19(12-23-28(26)27(41-30(38)39)17-35(23)21-4-5-21)29(37)34-9-7-31(8-10-34)14-24(36)22-11-18(3-6-25(22)42-31)20-15-32-33-16-20/h3,6,11-13,15-17,21H,2,4-5,7-10,14H2,1H3,(H,32,33)(H,38,39). The Kier molecular flexibility index (Phi) is 6.18. The Hall–Kier alpha value is -4.80. The Morgan fingerprint density at radius 3 is 2.64 bits per heavy atom. The highest BCUT2D eigenvalue weighted by atomic mass is 16.7. The molecular weight excluding hydrogens is 540 g/mol. The van der Waals surface area contributed by atoms with Gasteiger partial charge >= 0.3 is 6.16 Å². The van der Waals surface area contributed by atoms with Crippen molar-refractivity contribution in [3.05, 3.63) is 60.0 Å². The summed E-state index contributed by atoms with van der Waals surface area (Å²) in [6.07, 6.45) is 7.05. The largest absolute Gasteiger partial charge is 0.511 e. The van der Waals surface area contributed by atoms with Crippen LogP contribution in [-0.4, -0.2) is 67.9 Å². The number of benzene rings is 2. The van der Waals surface area contributed by atoms with Crippen molar-refractivity contribution in [2.75, 3.05) is 19.7 Å². The maximum absolute atomic E-state index is 13.8. The molecule has 11 heteroatoms. The number of H-pyrrole nitrogens is 1. The number of nitrogens with zero attached hydrogens (tertiary/aromatic N) is 3. The summed E-state index contributed by atoms with van der Waals surface area (Å²) < 4.78 is 19.4. The maximum atomic E-state index is 13.8. The molecule has 1 amide bonds. The van der Waals surface area contributed by atoms with Gasteiger partial charge in [0.2, 0.25) is 0 Å². The Morgan fingerprint density at radius 1 is 1.14 bits per heavy atom. The molecule has 11 nitrogen and oxygen atoms in total. The molecule has 0 atom stereocenters. The molecule has 1 saturated carbocycles. The average molecular weight is 571 g/mol. The van der Waals surface area contributed by atoms with E-state index in [1.807, 2.05) is 29.7 Å². The summed E-state index contributed by atoms with van der Waals surface area (Å²) in [5.41, 5.74) is 2.89.